The predicted molar refractivity (Wildman–Crippen MR) is 91.9 cm³/mol. The number of ether oxygens (including phenoxy) is 5. The molecule has 1 aromatic rings. The van der Waals surface area contributed by atoms with Gasteiger partial charge in [0.05, 0.1) is 33.0 Å². The number of benzene rings is 1. The van der Waals surface area contributed by atoms with E-state index in [0.717, 1.165) is 25.9 Å². The van der Waals surface area contributed by atoms with Gasteiger partial charge in [-0.15, -0.1) is 0 Å². The van der Waals surface area contributed by atoms with Crippen molar-refractivity contribution in [2.24, 2.45) is 0 Å². The molecule has 0 spiro atoms. The molecule has 2 rings (SSSR count). The van der Waals surface area contributed by atoms with Crippen molar-refractivity contribution in [2.45, 2.75) is 38.6 Å². The average molecular weight is 338 g/mol. The van der Waals surface area contributed by atoms with Crippen molar-refractivity contribution in [2.75, 3.05) is 46.2 Å². The van der Waals surface area contributed by atoms with E-state index in [1.165, 1.54) is 12.0 Å². The summed E-state index contributed by atoms with van der Waals surface area (Å²) in [7, 11) is 0. The molecule has 5 heteroatoms. The largest absolute Gasteiger partial charge is 0.379 e. The Hall–Kier alpha value is -0.980. The van der Waals surface area contributed by atoms with E-state index in [-0.39, 0.29) is 6.29 Å². The fourth-order valence-electron chi connectivity index (χ4n) is 2.43. The molecule has 0 aromatic heterocycles. The second-order valence-corrected chi connectivity index (χ2v) is 5.78. The van der Waals surface area contributed by atoms with Crippen LogP contribution < -0.4 is 0 Å². The Morgan fingerprint density at radius 1 is 0.833 bits per heavy atom. The summed E-state index contributed by atoms with van der Waals surface area (Å²) < 4.78 is 27.7. The van der Waals surface area contributed by atoms with Gasteiger partial charge in [0.2, 0.25) is 0 Å². The maximum atomic E-state index is 5.60. The van der Waals surface area contributed by atoms with Crippen LogP contribution in [0.5, 0.6) is 0 Å². The van der Waals surface area contributed by atoms with E-state index >= 15 is 0 Å². The van der Waals surface area contributed by atoms with Gasteiger partial charge in [0.1, 0.15) is 0 Å². The highest BCUT2D eigenvalue weighted by molar-refractivity contribution is 5.13. The Bertz CT molecular complexity index is 392. The molecule has 5 nitrogen and oxygen atoms in total. The maximum absolute atomic E-state index is 5.60. The molecular formula is C19H30O5. The monoisotopic (exact) mass is 338 g/mol. The van der Waals surface area contributed by atoms with Gasteiger partial charge in [-0.25, -0.2) is 0 Å². The minimum absolute atomic E-state index is 0.0329. The van der Waals surface area contributed by atoms with Crippen LogP contribution in [-0.2, 0) is 30.3 Å². The fraction of sp³-hybridized carbons (Fsp3) is 0.684. The minimum Gasteiger partial charge on any atom is -0.379 e. The van der Waals surface area contributed by atoms with Crippen LogP contribution >= 0.6 is 0 Å². The Morgan fingerprint density at radius 2 is 1.58 bits per heavy atom. The summed E-state index contributed by atoms with van der Waals surface area (Å²) in [6, 6.07) is 10.2. The normalized spacial score (nSPS) is 17.9. The van der Waals surface area contributed by atoms with Gasteiger partial charge < -0.3 is 23.7 Å². The highest BCUT2D eigenvalue weighted by Crippen LogP contribution is 2.13. The van der Waals surface area contributed by atoms with Crippen LogP contribution in [0.2, 0.25) is 0 Å². The molecule has 0 bridgehead atoms. The molecule has 136 valence electrons. The molecule has 1 aliphatic heterocycles. The first-order valence-corrected chi connectivity index (χ1v) is 8.95. The van der Waals surface area contributed by atoms with Crippen molar-refractivity contribution >= 4 is 0 Å². The molecular weight excluding hydrogens is 308 g/mol. The van der Waals surface area contributed by atoms with Crippen LogP contribution in [0, 0.1) is 0 Å². The molecule has 1 aromatic carbocycles. The molecule has 1 aliphatic rings. The van der Waals surface area contributed by atoms with Crippen LogP contribution in [0.25, 0.3) is 0 Å². The van der Waals surface area contributed by atoms with E-state index in [4.69, 9.17) is 23.7 Å². The van der Waals surface area contributed by atoms with Crippen LogP contribution in [0.1, 0.15) is 31.2 Å². The molecule has 1 fully saturated rings. The van der Waals surface area contributed by atoms with Crippen molar-refractivity contribution in [3.63, 3.8) is 0 Å². The SMILES string of the molecule is c1ccc(COCCCOCCOCCOC2CCCCO2)cc1. The van der Waals surface area contributed by atoms with Gasteiger partial charge in [0, 0.05) is 19.8 Å². The van der Waals surface area contributed by atoms with Crippen molar-refractivity contribution in [1.82, 2.24) is 0 Å². The second kappa shape index (κ2) is 13.3. The van der Waals surface area contributed by atoms with E-state index in [1.54, 1.807) is 0 Å². The Morgan fingerprint density at radius 3 is 2.38 bits per heavy atom. The summed E-state index contributed by atoms with van der Waals surface area (Å²) in [6.45, 7) is 5.26. The lowest BCUT2D eigenvalue weighted by molar-refractivity contribution is -0.169. The third-order valence-corrected chi connectivity index (χ3v) is 3.73. The molecule has 1 saturated heterocycles. The number of hydrogen-bond acceptors (Lipinski definition) is 5. The van der Waals surface area contributed by atoms with Gasteiger partial charge in [-0.1, -0.05) is 30.3 Å². The van der Waals surface area contributed by atoms with Crippen molar-refractivity contribution < 1.29 is 23.7 Å². The van der Waals surface area contributed by atoms with Gasteiger partial charge in [0.25, 0.3) is 0 Å². The van der Waals surface area contributed by atoms with Gasteiger partial charge in [-0.2, -0.15) is 0 Å². The highest BCUT2D eigenvalue weighted by atomic mass is 16.7. The van der Waals surface area contributed by atoms with E-state index in [9.17, 15) is 0 Å². The van der Waals surface area contributed by atoms with Gasteiger partial charge in [-0.05, 0) is 31.2 Å². The maximum Gasteiger partial charge on any atom is 0.157 e. The first-order chi connectivity index (χ1) is 11.9. The van der Waals surface area contributed by atoms with E-state index in [2.05, 4.69) is 12.1 Å². The van der Waals surface area contributed by atoms with Gasteiger partial charge in [0.15, 0.2) is 6.29 Å². The highest BCUT2D eigenvalue weighted by Gasteiger charge is 2.13. The summed E-state index contributed by atoms with van der Waals surface area (Å²) in [5.41, 5.74) is 1.20. The molecule has 24 heavy (non-hydrogen) atoms. The van der Waals surface area contributed by atoms with Crippen LogP contribution in [0.15, 0.2) is 30.3 Å². The Labute approximate surface area is 145 Å². The smallest absolute Gasteiger partial charge is 0.157 e. The minimum atomic E-state index is -0.0329. The lowest BCUT2D eigenvalue weighted by Gasteiger charge is -2.22. The molecule has 0 aliphatic carbocycles. The van der Waals surface area contributed by atoms with Crippen LogP contribution in [0.4, 0.5) is 0 Å². The second-order valence-electron chi connectivity index (χ2n) is 5.78. The zero-order valence-electron chi connectivity index (χ0n) is 14.5. The van der Waals surface area contributed by atoms with Crippen molar-refractivity contribution in [3.05, 3.63) is 35.9 Å². The van der Waals surface area contributed by atoms with E-state index in [0.29, 0.717) is 46.2 Å². The lowest BCUT2D eigenvalue weighted by atomic mass is 10.2. The van der Waals surface area contributed by atoms with Crippen LogP contribution in [-0.4, -0.2) is 52.5 Å². The summed E-state index contributed by atoms with van der Waals surface area (Å²) >= 11 is 0. The molecule has 0 radical (unpaired) electrons. The quantitative estimate of drug-likeness (QED) is 0.517. The summed E-state index contributed by atoms with van der Waals surface area (Å²) in [5, 5.41) is 0. The average Bonchev–Trinajstić information content (AvgIpc) is 2.64. The third kappa shape index (κ3) is 9.35. The van der Waals surface area contributed by atoms with Crippen molar-refractivity contribution in [1.29, 1.82) is 0 Å². The summed E-state index contributed by atoms with van der Waals surface area (Å²) in [5.74, 6) is 0. The Balaban J connectivity index is 1.28. The number of hydrogen-bond donors (Lipinski definition) is 0. The molecule has 1 atom stereocenters. The van der Waals surface area contributed by atoms with E-state index in [1.807, 2.05) is 18.2 Å². The van der Waals surface area contributed by atoms with Crippen molar-refractivity contribution in [3.8, 4) is 0 Å². The molecule has 0 amide bonds. The van der Waals surface area contributed by atoms with Gasteiger partial charge >= 0.3 is 0 Å². The Kier molecular flexibility index (Phi) is 10.7. The molecule has 1 unspecified atom stereocenters. The predicted octanol–water partition coefficient (Wildman–Crippen LogP) is 3.17. The van der Waals surface area contributed by atoms with E-state index < -0.39 is 0 Å². The fourth-order valence-corrected chi connectivity index (χ4v) is 2.43. The molecule has 0 N–H and O–H groups in total. The molecule has 1 heterocycles. The van der Waals surface area contributed by atoms with Crippen LogP contribution in [0.3, 0.4) is 0 Å². The lowest BCUT2D eigenvalue weighted by Crippen LogP contribution is -2.24. The zero-order chi connectivity index (χ0) is 16.7. The first kappa shape index (κ1) is 19.3. The van der Waals surface area contributed by atoms with Gasteiger partial charge in [-0.3, -0.25) is 0 Å². The standard InChI is InChI=1S/C19H30O5/c1-2-7-18(8-3-1)17-22-11-6-10-20-13-14-21-15-16-24-19-9-4-5-12-23-19/h1-3,7-8,19H,4-6,9-17H2. The third-order valence-electron chi connectivity index (χ3n) is 3.73. The number of rotatable bonds is 13. The first-order valence-electron chi connectivity index (χ1n) is 8.95. The summed E-state index contributed by atoms with van der Waals surface area (Å²) in [4.78, 5) is 0. The topological polar surface area (TPSA) is 46.2 Å². The molecule has 0 saturated carbocycles. The summed E-state index contributed by atoms with van der Waals surface area (Å²) in [6.07, 6.45) is 4.19. The zero-order valence-corrected chi connectivity index (χ0v) is 14.5.